The molecule has 0 atom stereocenters. The van der Waals surface area contributed by atoms with Gasteiger partial charge in [-0.25, -0.2) is 5.84 Å². The second-order valence-corrected chi connectivity index (χ2v) is 4.29. The molecule has 0 saturated heterocycles. The Kier molecular flexibility index (Phi) is 5.84. The maximum Gasteiger partial charge on any atom is 0.303 e. The van der Waals surface area contributed by atoms with Crippen LogP contribution in [0.1, 0.15) is 33.1 Å². The fraction of sp³-hybridized carbons (Fsp3) is 0.700. The zero-order valence-corrected chi connectivity index (χ0v) is 9.81. The lowest BCUT2D eigenvalue weighted by Crippen LogP contribution is -2.46. The second-order valence-electron chi connectivity index (χ2n) is 4.29. The topological polar surface area (TPSA) is 113 Å². The molecule has 0 bridgehead atoms. The number of aliphatic hydroxyl groups excluding tert-OH is 1. The van der Waals surface area contributed by atoms with Gasteiger partial charge in [0.2, 0.25) is 0 Å². The van der Waals surface area contributed by atoms with E-state index >= 15 is 0 Å². The summed E-state index contributed by atoms with van der Waals surface area (Å²) in [5, 5.41) is 18.7. The maximum atomic E-state index is 10.3. The van der Waals surface area contributed by atoms with Crippen molar-refractivity contribution < 1.29 is 15.0 Å². The molecule has 0 fully saturated rings. The Bertz CT molecular complexity index is 264. The third-order valence-corrected chi connectivity index (χ3v) is 2.36. The third-order valence-electron chi connectivity index (χ3n) is 2.36. The Morgan fingerprint density at radius 2 is 2.00 bits per heavy atom. The van der Waals surface area contributed by atoms with Crippen LogP contribution in [0.15, 0.2) is 11.9 Å². The van der Waals surface area contributed by atoms with Crippen LogP contribution in [-0.2, 0) is 4.79 Å². The summed E-state index contributed by atoms with van der Waals surface area (Å²) in [6.45, 7) is 3.76. The van der Waals surface area contributed by atoms with E-state index in [0.29, 0.717) is 12.1 Å². The summed E-state index contributed by atoms with van der Waals surface area (Å²) in [6.07, 6.45) is 2.26. The van der Waals surface area contributed by atoms with E-state index in [1.165, 1.54) is 11.2 Å². The molecule has 0 aromatic heterocycles. The van der Waals surface area contributed by atoms with Crippen LogP contribution >= 0.6 is 0 Å². The van der Waals surface area contributed by atoms with E-state index < -0.39 is 11.5 Å². The fourth-order valence-electron chi connectivity index (χ4n) is 1.07. The van der Waals surface area contributed by atoms with Crippen molar-refractivity contribution in [1.29, 1.82) is 0 Å². The van der Waals surface area contributed by atoms with Gasteiger partial charge in [0.1, 0.15) is 0 Å². The van der Waals surface area contributed by atoms with E-state index in [0.717, 1.165) is 0 Å². The summed E-state index contributed by atoms with van der Waals surface area (Å²) in [5.41, 5.74) is 5.63. The largest absolute Gasteiger partial charge is 0.481 e. The number of hydrogen-bond donors (Lipinski definition) is 4. The lowest BCUT2D eigenvalue weighted by molar-refractivity contribution is -0.136. The molecule has 0 aliphatic rings. The molecule has 0 aromatic carbocycles. The van der Waals surface area contributed by atoms with E-state index in [1.54, 1.807) is 0 Å². The van der Waals surface area contributed by atoms with E-state index in [-0.39, 0.29) is 19.4 Å². The predicted molar refractivity (Wildman–Crippen MR) is 60.9 cm³/mol. The molecule has 0 aromatic rings. The number of aliphatic hydroxyl groups is 1. The minimum absolute atomic E-state index is 0.0173. The first kappa shape index (κ1) is 14.7. The van der Waals surface area contributed by atoms with E-state index in [4.69, 9.17) is 21.8 Å². The van der Waals surface area contributed by atoms with Gasteiger partial charge in [-0.15, -0.1) is 0 Å². The lowest BCUT2D eigenvalue weighted by atomic mass is 10.0. The highest BCUT2D eigenvalue weighted by molar-refractivity contribution is 5.66. The van der Waals surface area contributed by atoms with Crippen LogP contribution in [0.4, 0.5) is 0 Å². The molecule has 0 radical (unpaired) electrons. The summed E-state index contributed by atoms with van der Waals surface area (Å²) in [7, 11) is 0. The molecule has 0 aliphatic heterocycles. The third kappa shape index (κ3) is 5.57. The van der Waals surface area contributed by atoms with Crippen LogP contribution in [-0.4, -0.2) is 33.3 Å². The number of nitrogens with zero attached hydrogens (tertiary/aromatic N) is 1. The number of carboxylic acids is 1. The quantitative estimate of drug-likeness (QED) is 0.362. The van der Waals surface area contributed by atoms with Crippen LogP contribution < -0.4 is 11.6 Å². The van der Waals surface area contributed by atoms with E-state index in [9.17, 15) is 4.79 Å². The number of hydrazine groups is 1. The average molecular weight is 231 g/mol. The molecule has 6 nitrogen and oxygen atoms in total. The smallest absolute Gasteiger partial charge is 0.303 e. The Morgan fingerprint density at radius 1 is 1.44 bits per heavy atom. The van der Waals surface area contributed by atoms with Crippen LogP contribution in [0.3, 0.4) is 0 Å². The molecule has 6 heteroatoms. The molecule has 0 rings (SSSR count). The number of nitrogens with two attached hydrogens (primary N) is 2. The standard InChI is InChI=1S/C10H21N3O3/c1-10(2,5-6-14)13(12)7-8(11)3-4-9(15)16/h7,14H,3-6,11-12H2,1-2H3,(H,15,16)/b8-7-. The number of allylic oxidation sites excluding steroid dienone is 1. The molecule has 0 unspecified atom stereocenters. The zero-order chi connectivity index (χ0) is 12.8. The van der Waals surface area contributed by atoms with Gasteiger partial charge in [0.25, 0.3) is 0 Å². The highest BCUT2D eigenvalue weighted by Gasteiger charge is 2.21. The minimum Gasteiger partial charge on any atom is -0.481 e. The van der Waals surface area contributed by atoms with E-state index in [1.807, 2.05) is 13.8 Å². The van der Waals surface area contributed by atoms with Crippen LogP contribution in [0.2, 0.25) is 0 Å². The van der Waals surface area contributed by atoms with Crippen LogP contribution in [0, 0.1) is 0 Å². The van der Waals surface area contributed by atoms with E-state index in [2.05, 4.69) is 0 Å². The van der Waals surface area contributed by atoms with Gasteiger partial charge in [0.15, 0.2) is 0 Å². The first-order valence-electron chi connectivity index (χ1n) is 5.12. The van der Waals surface area contributed by atoms with Gasteiger partial charge >= 0.3 is 5.97 Å². The summed E-state index contributed by atoms with van der Waals surface area (Å²) >= 11 is 0. The molecule has 0 heterocycles. The normalized spacial score (nSPS) is 12.6. The second kappa shape index (κ2) is 6.34. The van der Waals surface area contributed by atoms with Gasteiger partial charge in [0, 0.05) is 18.5 Å². The number of carboxylic acid groups (broad SMARTS) is 1. The molecule has 0 saturated carbocycles. The summed E-state index contributed by atoms with van der Waals surface area (Å²) in [5.74, 6) is 4.87. The molecule has 94 valence electrons. The van der Waals surface area contributed by atoms with Crippen LogP contribution in [0.25, 0.3) is 0 Å². The van der Waals surface area contributed by atoms with Crippen molar-refractivity contribution >= 4 is 5.97 Å². The van der Waals surface area contributed by atoms with Gasteiger partial charge in [-0.1, -0.05) is 0 Å². The Hall–Kier alpha value is -1.27. The highest BCUT2D eigenvalue weighted by Crippen LogP contribution is 2.16. The van der Waals surface area contributed by atoms with Crippen LogP contribution in [0.5, 0.6) is 0 Å². The van der Waals surface area contributed by atoms with Crippen molar-refractivity contribution in [3.8, 4) is 0 Å². The molecule has 0 aliphatic carbocycles. The molecule has 0 spiro atoms. The van der Waals surface area contributed by atoms with Gasteiger partial charge in [0.05, 0.1) is 12.0 Å². The minimum atomic E-state index is -0.894. The fourth-order valence-corrected chi connectivity index (χ4v) is 1.07. The van der Waals surface area contributed by atoms with Gasteiger partial charge in [-0.2, -0.15) is 0 Å². The monoisotopic (exact) mass is 231 g/mol. The predicted octanol–water partition coefficient (Wildman–Crippen LogP) is -0.0120. The van der Waals surface area contributed by atoms with Crippen molar-refractivity contribution in [2.24, 2.45) is 11.6 Å². The average Bonchev–Trinajstić information content (AvgIpc) is 2.14. The van der Waals surface area contributed by atoms with Crippen molar-refractivity contribution in [3.63, 3.8) is 0 Å². The van der Waals surface area contributed by atoms with Gasteiger partial charge in [-0.3, -0.25) is 4.79 Å². The molecular formula is C10H21N3O3. The lowest BCUT2D eigenvalue weighted by Gasteiger charge is -2.33. The van der Waals surface area contributed by atoms with Gasteiger partial charge in [-0.05, 0) is 26.7 Å². The van der Waals surface area contributed by atoms with Gasteiger partial charge < -0.3 is 21.0 Å². The molecule has 6 N–H and O–H groups in total. The first-order valence-corrected chi connectivity index (χ1v) is 5.12. The maximum absolute atomic E-state index is 10.3. The van der Waals surface area contributed by atoms with Crippen molar-refractivity contribution in [2.45, 2.75) is 38.6 Å². The Morgan fingerprint density at radius 3 is 2.44 bits per heavy atom. The van der Waals surface area contributed by atoms with Crippen molar-refractivity contribution in [1.82, 2.24) is 5.01 Å². The number of rotatable bonds is 7. The van der Waals surface area contributed by atoms with Crippen molar-refractivity contribution in [2.75, 3.05) is 6.61 Å². The number of carbonyl (C=O) groups is 1. The molecular weight excluding hydrogens is 210 g/mol. The SMILES string of the molecule is CC(C)(CCO)N(N)/C=C(\N)CCC(=O)O. The van der Waals surface area contributed by atoms with Crippen molar-refractivity contribution in [3.05, 3.63) is 11.9 Å². The zero-order valence-electron chi connectivity index (χ0n) is 9.81. The summed E-state index contributed by atoms with van der Waals surface area (Å²) in [4.78, 5) is 10.3. The number of hydrogen-bond acceptors (Lipinski definition) is 5. The summed E-state index contributed by atoms with van der Waals surface area (Å²) < 4.78 is 0. The summed E-state index contributed by atoms with van der Waals surface area (Å²) in [6, 6.07) is 0. The number of aliphatic carboxylic acids is 1. The Balaban J connectivity index is 4.33. The molecule has 0 amide bonds. The first-order chi connectivity index (χ1) is 7.29. The Labute approximate surface area is 95.5 Å². The highest BCUT2D eigenvalue weighted by atomic mass is 16.4. The molecule has 16 heavy (non-hydrogen) atoms.